The summed E-state index contributed by atoms with van der Waals surface area (Å²) < 4.78 is 0.590. The zero-order valence-electron chi connectivity index (χ0n) is 10.2. The number of nitro groups is 1. The second-order valence-corrected chi connectivity index (χ2v) is 6.06. The maximum atomic E-state index is 12.3. The number of nitrogens with one attached hydrogen (secondary N) is 1. The van der Waals surface area contributed by atoms with Crippen LogP contribution in [0.4, 0.5) is 11.4 Å². The minimum atomic E-state index is -0.553. The first-order valence-corrected chi connectivity index (χ1v) is 7.14. The molecular weight excluding hydrogens is 312 g/mol. The lowest BCUT2D eigenvalue weighted by Crippen LogP contribution is -2.36. The Hall–Kier alpha value is -1.43. The number of fused-ring (bicyclic) bond motifs is 2. The third-order valence-corrected chi connectivity index (χ3v) is 4.81. The fraction of sp³-hybridized carbons (Fsp3) is 0.462. The molecule has 0 radical (unpaired) electrons. The largest absolute Gasteiger partial charge is 0.324 e. The van der Waals surface area contributed by atoms with Gasteiger partial charge in [-0.05, 0) is 34.3 Å². The van der Waals surface area contributed by atoms with Gasteiger partial charge in [0.2, 0.25) is 5.91 Å². The summed E-state index contributed by atoms with van der Waals surface area (Å²) in [5.41, 5.74) is 0.977. The van der Waals surface area contributed by atoms with E-state index in [1.165, 1.54) is 6.07 Å². The highest BCUT2D eigenvalue weighted by Crippen LogP contribution is 2.50. The van der Waals surface area contributed by atoms with Crippen molar-refractivity contribution in [1.29, 1.82) is 0 Å². The molecule has 1 heterocycles. The highest BCUT2D eigenvalue weighted by atomic mass is 79.9. The molecule has 1 saturated carbocycles. The van der Waals surface area contributed by atoms with E-state index in [-0.39, 0.29) is 11.6 Å². The molecule has 3 rings (SSSR count). The van der Waals surface area contributed by atoms with Crippen LogP contribution < -0.4 is 5.32 Å². The minimum absolute atomic E-state index is 0.0107. The Balaban J connectivity index is 2.18. The lowest BCUT2D eigenvalue weighted by atomic mass is 9.70. The van der Waals surface area contributed by atoms with Crippen LogP contribution in [0.25, 0.3) is 0 Å². The van der Waals surface area contributed by atoms with E-state index in [1.807, 2.05) is 0 Å². The number of hydrogen-bond acceptors (Lipinski definition) is 3. The number of carbonyl (C=O) groups excluding carboxylic acids is 1. The molecule has 6 heteroatoms. The van der Waals surface area contributed by atoms with Crippen LogP contribution in [-0.2, 0) is 10.2 Å². The van der Waals surface area contributed by atoms with Gasteiger partial charge in [-0.25, -0.2) is 0 Å². The number of anilines is 1. The molecule has 1 aliphatic heterocycles. The van der Waals surface area contributed by atoms with Gasteiger partial charge in [-0.15, -0.1) is 0 Å². The molecule has 1 amide bonds. The Labute approximate surface area is 118 Å². The lowest BCUT2D eigenvalue weighted by molar-refractivity contribution is -0.385. The quantitative estimate of drug-likeness (QED) is 0.634. The summed E-state index contributed by atoms with van der Waals surface area (Å²) in [6.45, 7) is 0. The molecule has 1 aromatic carbocycles. The summed E-state index contributed by atoms with van der Waals surface area (Å²) in [5.74, 6) is -0.0107. The van der Waals surface area contributed by atoms with Gasteiger partial charge in [0.15, 0.2) is 0 Å². The molecule has 0 atom stereocenters. The van der Waals surface area contributed by atoms with Gasteiger partial charge in [-0.2, -0.15) is 0 Å². The van der Waals surface area contributed by atoms with Crippen molar-refractivity contribution in [2.75, 3.05) is 5.32 Å². The first kappa shape index (κ1) is 12.6. The van der Waals surface area contributed by atoms with Gasteiger partial charge in [-0.1, -0.05) is 19.3 Å². The molecule has 5 nitrogen and oxygen atoms in total. The Morgan fingerprint density at radius 1 is 1.26 bits per heavy atom. The van der Waals surface area contributed by atoms with Gasteiger partial charge in [0, 0.05) is 16.6 Å². The zero-order chi connectivity index (χ0) is 13.6. The van der Waals surface area contributed by atoms with E-state index in [0.29, 0.717) is 10.2 Å². The number of non-ortho nitro benzene ring substituents is 1. The molecule has 1 N–H and O–H groups in total. The normalized spacial score (nSPS) is 20.2. The summed E-state index contributed by atoms with van der Waals surface area (Å²) >= 11 is 3.32. The molecular formula is C13H13BrN2O3. The topological polar surface area (TPSA) is 72.2 Å². The fourth-order valence-electron chi connectivity index (χ4n) is 3.21. The zero-order valence-corrected chi connectivity index (χ0v) is 11.8. The van der Waals surface area contributed by atoms with Crippen molar-refractivity contribution in [3.8, 4) is 0 Å². The van der Waals surface area contributed by atoms with Crippen molar-refractivity contribution in [1.82, 2.24) is 0 Å². The van der Waals surface area contributed by atoms with Crippen molar-refractivity contribution in [3.05, 3.63) is 32.3 Å². The summed E-state index contributed by atoms with van der Waals surface area (Å²) in [7, 11) is 0. The molecule has 0 saturated heterocycles. The maximum absolute atomic E-state index is 12.3. The second kappa shape index (κ2) is 4.30. The average Bonchev–Trinajstić information content (AvgIpc) is 2.65. The van der Waals surface area contributed by atoms with Crippen molar-refractivity contribution >= 4 is 33.2 Å². The van der Waals surface area contributed by atoms with E-state index in [1.54, 1.807) is 6.07 Å². The lowest BCUT2D eigenvalue weighted by Gasteiger charge is -2.31. The molecule has 0 aromatic heterocycles. The first-order valence-electron chi connectivity index (χ1n) is 6.34. The highest BCUT2D eigenvalue weighted by molar-refractivity contribution is 9.10. The molecule has 0 unspecified atom stereocenters. The number of nitro benzene ring substituents is 1. The van der Waals surface area contributed by atoms with Gasteiger partial charge in [0.1, 0.15) is 0 Å². The number of rotatable bonds is 1. The smallest absolute Gasteiger partial charge is 0.271 e. The van der Waals surface area contributed by atoms with Crippen molar-refractivity contribution in [2.45, 2.75) is 37.5 Å². The standard InChI is InChI=1S/C13H13BrN2O3/c14-10-7-8(16(18)19)6-9-11(10)15-12(17)13(9)4-2-1-3-5-13/h6-7H,1-5H2,(H,15,17). The van der Waals surface area contributed by atoms with Crippen LogP contribution in [0.3, 0.4) is 0 Å². The Bertz CT molecular complexity index is 579. The highest BCUT2D eigenvalue weighted by Gasteiger charge is 2.48. The number of halogens is 1. The van der Waals surface area contributed by atoms with Crippen LogP contribution in [-0.4, -0.2) is 10.8 Å². The first-order chi connectivity index (χ1) is 9.04. The molecule has 1 aromatic rings. The molecule has 100 valence electrons. The maximum Gasteiger partial charge on any atom is 0.271 e. The predicted molar refractivity (Wildman–Crippen MR) is 74.2 cm³/mol. The fourth-order valence-corrected chi connectivity index (χ4v) is 3.76. The van der Waals surface area contributed by atoms with Crippen molar-refractivity contribution in [2.24, 2.45) is 0 Å². The SMILES string of the molecule is O=C1Nc2c(Br)cc([N+](=O)[O-])cc2C12CCCCC2. The summed E-state index contributed by atoms with van der Waals surface area (Å²) in [5, 5.41) is 13.9. The molecule has 1 aliphatic carbocycles. The van der Waals surface area contributed by atoms with Crippen molar-refractivity contribution < 1.29 is 9.72 Å². The predicted octanol–water partition coefficient (Wildman–Crippen LogP) is 3.51. The van der Waals surface area contributed by atoms with E-state index < -0.39 is 10.3 Å². The Kier molecular flexibility index (Phi) is 2.85. The van der Waals surface area contributed by atoms with Crippen LogP contribution in [0.2, 0.25) is 0 Å². The number of hydrogen-bond donors (Lipinski definition) is 1. The van der Waals surface area contributed by atoms with Crippen molar-refractivity contribution in [3.63, 3.8) is 0 Å². The second-order valence-electron chi connectivity index (χ2n) is 5.20. The number of carbonyl (C=O) groups is 1. The molecule has 19 heavy (non-hydrogen) atoms. The number of nitrogens with zero attached hydrogens (tertiary/aromatic N) is 1. The van der Waals surface area contributed by atoms with E-state index >= 15 is 0 Å². The Morgan fingerprint density at radius 2 is 1.95 bits per heavy atom. The number of amides is 1. The van der Waals surface area contributed by atoms with Gasteiger partial charge in [0.25, 0.3) is 5.69 Å². The third kappa shape index (κ3) is 1.77. The van der Waals surface area contributed by atoms with Crippen LogP contribution in [0.15, 0.2) is 16.6 Å². The van der Waals surface area contributed by atoms with Gasteiger partial charge >= 0.3 is 0 Å². The summed E-state index contributed by atoms with van der Waals surface area (Å²) in [6, 6.07) is 3.00. The van der Waals surface area contributed by atoms with E-state index in [0.717, 1.165) is 37.7 Å². The monoisotopic (exact) mass is 324 g/mol. The van der Waals surface area contributed by atoms with Gasteiger partial charge < -0.3 is 5.32 Å². The summed E-state index contributed by atoms with van der Waals surface area (Å²) in [6.07, 6.45) is 4.67. The molecule has 0 bridgehead atoms. The van der Waals surface area contributed by atoms with E-state index in [2.05, 4.69) is 21.2 Å². The van der Waals surface area contributed by atoms with E-state index in [4.69, 9.17) is 0 Å². The van der Waals surface area contributed by atoms with Crippen LogP contribution >= 0.6 is 15.9 Å². The minimum Gasteiger partial charge on any atom is -0.324 e. The summed E-state index contributed by atoms with van der Waals surface area (Å²) in [4.78, 5) is 22.9. The average molecular weight is 325 g/mol. The third-order valence-electron chi connectivity index (χ3n) is 4.18. The van der Waals surface area contributed by atoms with Gasteiger partial charge in [0.05, 0.1) is 16.0 Å². The molecule has 1 fully saturated rings. The molecule has 1 spiro atoms. The molecule has 2 aliphatic rings. The Morgan fingerprint density at radius 3 is 2.58 bits per heavy atom. The van der Waals surface area contributed by atoms with Crippen LogP contribution in [0, 0.1) is 10.1 Å². The number of benzene rings is 1. The van der Waals surface area contributed by atoms with E-state index in [9.17, 15) is 14.9 Å². The van der Waals surface area contributed by atoms with Crippen LogP contribution in [0.5, 0.6) is 0 Å². The van der Waals surface area contributed by atoms with Crippen LogP contribution in [0.1, 0.15) is 37.7 Å². The van der Waals surface area contributed by atoms with Gasteiger partial charge in [-0.3, -0.25) is 14.9 Å².